The van der Waals surface area contributed by atoms with E-state index in [0.29, 0.717) is 17.0 Å². The number of aryl methyl sites for hydroxylation is 3. The van der Waals surface area contributed by atoms with Crippen LogP contribution in [0, 0.1) is 26.6 Å². The number of pyridine rings is 2. The summed E-state index contributed by atoms with van der Waals surface area (Å²) in [6.45, 7) is 7.58. The fourth-order valence-corrected chi connectivity index (χ4v) is 5.08. The molecular formula is C28H26FN3O6S. The van der Waals surface area contributed by atoms with Crippen molar-refractivity contribution in [2.24, 2.45) is 0 Å². The first-order valence-corrected chi connectivity index (χ1v) is 13.4. The fourth-order valence-electron chi connectivity index (χ4n) is 4.05. The fraction of sp³-hybridized carbons (Fsp3) is 0.179. The van der Waals surface area contributed by atoms with E-state index < -0.39 is 32.2 Å². The van der Waals surface area contributed by atoms with E-state index in [1.165, 1.54) is 42.6 Å². The van der Waals surface area contributed by atoms with Gasteiger partial charge in [0.05, 0.1) is 12.3 Å². The number of sulfonamides is 1. The monoisotopic (exact) mass is 551 g/mol. The van der Waals surface area contributed by atoms with Crippen LogP contribution in [0.15, 0.2) is 70.5 Å². The van der Waals surface area contributed by atoms with Crippen LogP contribution in [-0.2, 0) is 10.0 Å². The van der Waals surface area contributed by atoms with Gasteiger partial charge in [-0.15, -0.1) is 0 Å². The van der Waals surface area contributed by atoms with Gasteiger partial charge in [0, 0.05) is 11.8 Å². The number of nitrogens with zero attached hydrogens (tertiary/aromatic N) is 1. The molecule has 9 nitrogen and oxygen atoms in total. The Kier molecular flexibility index (Phi) is 7.82. The number of H-pyrrole nitrogens is 1. The van der Waals surface area contributed by atoms with Crippen LogP contribution in [0.4, 0.5) is 4.39 Å². The molecule has 2 N–H and O–H groups in total. The zero-order valence-corrected chi connectivity index (χ0v) is 22.5. The first-order chi connectivity index (χ1) is 18.5. The van der Waals surface area contributed by atoms with E-state index in [-0.39, 0.29) is 23.8 Å². The largest absolute Gasteiger partial charge is 0.491 e. The van der Waals surface area contributed by atoms with Gasteiger partial charge in [-0.25, -0.2) is 22.5 Å². The van der Waals surface area contributed by atoms with E-state index in [2.05, 4.69) is 9.97 Å². The van der Waals surface area contributed by atoms with Crippen LogP contribution in [0.2, 0.25) is 0 Å². The van der Waals surface area contributed by atoms with Crippen LogP contribution in [0.3, 0.4) is 0 Å². The van der Waals surface area contributed by atoms with Crippen molar-refractivity contribution < 1.29 is 27.1 Å². The van der Waals surface area contributed by atoms with Crippen molar-refractivity contribution in [2.45, 2.75) is 32.6 Å². The minimum atomic E-state index is -4.51. The maximum absolute atomic E-state index is 14.2. The number of nitrogens with one attached hydrogen (secondary N) is 2. The molecule has 0 aliphatic heterocycles. The van der Waals surface area contributed by atoms with Crippen LogP contribution in [0.25, 0.3) is 11.3 Å². The topological polar surface area (TPSA) is 127 Å². The average molecular weight is 552 g/mol. The van der Waals surface area contributed by atoms with Crippen LogP contribution in [0.1, 0.15) is 34.0 Å². The van der Waals surface area contributed by atoms with Crippen molar-refractivity contribution in [1.82, 2.24) is 14.7 Å². The third kappa shape index (κ3) is 5.99. The predicted octanol–water partition coefficient (Wildman–Crippen LogP) is 4.81. The van der Waals surface area contributed by atoms with Crippen molar-refractivity contribution >= 4 is 15.9 Å². The minimum absolute atomic E-state index is 0.0329. The lowest BCUT2D eigenvalue weighted by Crippen LogP contribution is -2.34. The number of hydrogen-bond acceptors (Lipinski definition) is 7. The van der Waals surface area contributed by atoms with E-state index in [1.807, 2.05) is 37.6 Å². The zero-order valence-electron chi connectivity index (χ0n) is 21.7. The van der Waals surface area contributed by atoms with Gasteiger partial charge in [0.15, 0.2) is 16.5 Å². The molecule has 2 aromatic heterocycles. The number of aromatic amines is 1. The highest BCUT2D eigenvalue weighted by atomic mass is 32.2. The Bertz CT molecular complexity index is 1710. The first kappa shape index (κ1) is 27.5. The number of benzene rings is 2. The molecule has 0 atom stereocenters. The molecule has 0 saturated heterocycles. The first-order valence-electron chi connectivity index (χ1n) is 11.9. The quantitative estimate of drug-likeness (QED) is 0.322. The Morgan fingerprint density at radius 1 is 1.05 bits per heavy atom. The molecule has 11 heteroatoms. The number of hydrogen-bond donors (Lipinski definition) is 2. The lowest BCUT2D eigenvalue weighted by atomic mass is 10.1. The van der Waals surface area contributed by atoms with E-state index in [9.17, 15) is 22.4 Å². The molecule has 0 fully saturated rings. The van der Waals surface area contributed by atoms with E-state index in [4.69, 9.17) is 9.47 Å². The van der Waals surface area contributed by atoms with Crippen molar-refractivity contribution in [1.29, 1.82) is 0 Å². The van der Waals surface area contributed by atoms with Crippen molar-refractivity contribution in [3.8, 4) is 28.6 Å². The number of aromatic nitrogens is 2. The highest BCUT2D eigenvalue weighted by Gasteiger charge is 2.25. The van der Waals surface area contributed by atoms with Crippen LogP contribution < -0.4 is 19.8 Å². The number of halogens is 1. The summed E-state index contributed by atoms with van der Waals surface area (Å²) >= 11 is 0. The molecular weight excluding hydrogens is 525 g/mol. The van der Waals surface area contributed by atoms with Crippen molar-refractivity contribution in [2.75, 3.05) is 6.61 Å². The number of carbonyl (C=O) groups is 1. The van der Waals surface area contributed by atoms with E-state index in [1.54, 1.807) is 6.92 Å². The van der Waals surface area contributed by atoms with Crippen LogP contribution >= 0.6 is 0 Å². The SMILES string of the molecule is CCOc1cc(-c2ccc(C(=O)NS(=O)(=O)c3ccc[nH]c3=O)c(Oc3c(C)cc(C)cc3C)n2)ccc1F. The predicted molar refractivity (Wildman–Crippen MR) is 143 cm³/mol. The molecule has 2 aromatic carbocycles. The van der Waals surface area contributed by atoms with Gasteiger partial charge in [-0.2, -0.15) is 0 Å². The van der Waals surface area contributed by atoms with Gasteiger partial charge in [0.1, 0.15) is 11.3 Å². The smallest absolute Gasteiger partial charge is 0.270 e. The van der Waals surface area contributed by atoms with Gasteiger partial charge in [-0.3, -0.25) is 9.59 Å². The second-order valence-corrected chi connectivity index (χ2v) is 10.4. The van der Waals surface area contributed by atoms with Gasteiger partial charge in [-0.05, 0) is 81.3 Å². The van der Waals surface area contributed by atoms with Crippen molar-refractivity contribution in [3.05, 3.63) is 99.2 Å². The van der Waals surface area contributed by atoms with Gasteiger partial charge in [-0.1, -0.05) is 17.7 Å². The minimum Gasteiger partial charge on any atom is -0.491 e. The number of amides is 1. The Labute approximate surface area is 224 Å². The van der Waals surface area contributed by atoms with E-state index in [0.717, 1.165) is 22.8 Å². The Morgan fingerprint density at radius 3 is 2.44 bits per heavy atom. The summed E-state index contributed by atoms with van der Waals surface area (Å²) in [6, 6.07) is 13.2. The van der Waals surface area contributed by atoms with Crippen molar-refractivity contribution in [3.63, 3.8) is 0 Å². The molecule has 202 valence electrons. The average Bonchev–Trinajstić information content (AvgIpc) is 2.87. The third-order valence-corrected chi connectivity index (χ3v) is 7.09. The summed E-state index contributed by atoms with van der Waals surface area (Å²) in [5.74, 6) is -1.30. The Balaban J connectivity index is 1.81. The number of carbonyl (C=O) groups excluding carboxylic acids is 1. The van der Waals surface area contributed by atoms with Gasteiger partial charge in [0.25, 0.3) is 21.5 Å². The summed E-state index contributed by atoms with van der Waals surface area (Å²) in [6.07, 6.45) is 1.27. The summed E-state index contributed by atoms with van der Waals surface area (Å²) in [4.78, 5) is 31.4. The second kappa shape index (κ2) is 11.1. The molecule has 39 heavy (non-hydrogen) atoms. The molecule has 1 amide bonds. The van der Waals surface area contributed by atoms with Gasteiger partial charge >= 0.3 is 0 Å². The number of rotatable bonds is 8. The van der Waals surface area contributed by atoms with Gasteiger partial charge in [0.2, 0.25) is 5.88 Å². The molecule has 0 unspecified atom stereocenters. The highest BCUT2D eigenvalue weighted by Crippen LogP contribution is 2.33. The lowest BCUT2D eigenvalue weighted by Gasteiger charge is -2.16. The molecule has 2 heterocycles. The molecule has 4 rings (SSSR count). The summed E-state index contributed by atoms with van der Waals surface area (Å²) in [5.41, 5.74) is 2.29. The molecule has 0 radical (unpaired) electrons. The summed E-state index contributed by atoms with van der Waals surface area (Å²) < 4.78 is 53.1. The molecule has 4 aromatic rings. The lowest BCUT2D eigenvalue weighted by molar-refractivity contribution is 0.0978. The third-order valence-electron chi connectivity index (χ3n) is 5.73. The normalized spacial score (nSPS) is 11.2. The van der Waals surface area contributed by atoms with Crippen LogP contribution in [-0.4, -0.2) is 30.9 Å². The maximum Gasteiger partial charge on any atom is 0.270 e. The number of ether oxygens (including phenoxy) is 2. The Hall–Kier alpha value is -4.51. The standard InChI is InChI=1S/C28H26FN3O6S/c1-5-37-23-15-19(8-10-21(23)29)22-11-9-20(26(33)32-39(35,36)24-7-6-12-30-27(24)34)28(31-22)38-25-17(3)13-16(2)14-18(25)4/h6-15H,5H2,1-4H3,(H,30,34)(H,32,33). The summed E-state index contributed by atoms with van der Waals surface area (Å²) in [7, 11) is -4.51. The molecule has 0 aliphatic rings. The molecule has 0 aliphatic carbocycles. The van der Waals surface area contributed by atoms with E-state index >= 15 is 0 Å². The highest BCUT2D eigenvalue weighted by molar-refractivity contribution is 7.90. The molecule has 0 saturated carbocycles. The second-order valence-electron chi connectivity index (χ2n) is 8.76. The maximum atomic E-state index is 14.2. The molecule has 0 bridgehead atoms. The van der Waals surface area contributed by atoms with Crippen LogP contribution in [0.5, 0.6) is 17.4 Å². The van der Waals surface area contributed by atoms with Gasteiger partial charge < -0.3 is 14.5 Å². The zero-order chi connectivity index (χ0) is 28.3. The Morgan fingerprint density at radius 2 is 1.77 bits per heavy atom. The molecule has 0 spiro atoms. The summed E-state index contributed by atoms with van der Waals surface area (Å²) in [5, 5.41) is 0.